The minimum atomic E-state index is -7.88. The summed E-state index contributed by atoms with van der Waals surface area (Å²) in [6.07, 6.45) is -7.85. The van der Waals surface area contributed by atoms with E-state index in [0.717, 1.165) is 0 Å². The lowest BCUT2D eigenvalue weighted by molar-refractivity contribution is -0.437. The summed E-state index contributed by atoms with van der Waals surface area (Å²) in [5, 5.41) is 1.77. The molecular weight excluding hydrogens is 407 g/mol. The summed E-state index contributed by atoms with van der Waals surface area (Å²) >= 11 is 0. The van der Waals surface area contributed by atoms with E-state index in [1.807, 2.05) is 0 Å². The smallest absolute Gasteiger partial charge is 0.460 e. The predicted octanol–water partition coefficient (Wildman–Crippen LogP) is 5.01. The van der Waals surface area contributed by atoms with Gasteiger partial charge in [0.1, 0.15) is 0 Å². The predicted molar refractivity (Wildman–Crippen MR) is 62.2 cm³/mol. The molecule has 2 nitrogen and oxygen atoms in total. The highest BCUT2D eigenvalue weighted by Crippen LogP contribution is 2.60. The van der Waals surface area contributed by atoms with Crippen molar-refractivity contribution < 1.29 is 57.1 Å². The molecule has 0 saturated carbocycles. The Hall–Kier alpha value is -0.990. The van der Waals surface area contributed by atoms with Gasteiger partial charge < -0.3 is 10.2 Å². The van der Waals surface area contributed by atoms with Crippen LogP contribution in [-0.2, 0) is 0 Å². The number of nitrogens with zero attached hydrogens (tertiary/aromatic N) is 2. The molecule has 158 valence electrons. The Morgan fingerprint density at radius 1 is 0.615 bits per heavy atom. The van der Waals surface area contributed by atoms with Gasteiger partial charge >= 0.3 is 29.9 Å². The fourth-order valence-electron chi connectivity index (χ4n) is 1.47. The average molecular weight is 419 g/mol. The largest absolute Gasteiger partial charge is 0.595 e. The Kier molecular flexibility index (Phi) is 6.93. The van der Waals surface area contributed by atoms with Gasteiger partial charge in [-0.15, -0.1) is 6.54 Å². The van der Waals surface area contributed by atoms with E-state index in [2.05, 4.69) is 0 Å². The zero-order chi connectivity index (χ0) is 21.4. The van der Waals surface area contributed by atoms with Gasteiger partial charge in [-0.2, -0.15) is 48.3 Å². The van der Waals surface area contributed by atoms with Gasteiger partial charge in [0.2, 0.25) is 6.05 Å². The van der Waals surface area contributed by atoms with Crippen LogP contribution in [0, 0.1) is 0 Å². The van der Waals surface area contributed by atoms with Gasteiger partial charge in [0.05, 0.1) is 0 Å². The molecule has 0 aromatic heterocycles. The standard InChI is InChI=1S/C11H12F13N2/c1-26(2)5-3-4-25-11(23,24)9(18,19)7(14,15)6(12,13)8(16,17)10(20,21)22/h3-5H2,1-2H3/q-1. The third kappa shape index (κ3) is 4.12. The fraction of sp³-hybridized carbons (Fsp3) is 1.00. The van der Waals surface area contributed by atoms with Crippen LogP contribution in [0.3, 0.4) is 0 Å². The molecule has 0 radical (unpaired) electrons. The molecule has 0 unspecified atom stereocenters. The molecule has 26 heavy (non-hydrogen) atoms. The number of rotatable bonds is 9. The van der Waals surface area contributed by atoms with Crippen LogP contribution in [0.5, 0.6) is 0 Å². The quantitative estimate of drug-likeness (QED) is 0.292. The zero-order valence-corrected chi connectivity index (χ0v) is 12.9. The van der Waals surface area contributed by atoms with E-state index in [0.29, 0.717) is 0 Å². The van der Waals surface area contributed by atoms with Crippen molar-refractivity contribution in [3.8, 4) is 0 Å². The molecule has 0 bridgehead atoms. The van der Waals surface area contributed by atoms with Crippen molar-refractivity contribution in [3.63, 3.8) is 0 Å². The first-order chi connectivity index (χ1) is 11.2. The first-order valence-electron chi connectivity index (χ1n) is 6.46. The van der Waals surface area contributed by atoms with Crippen molar-refractivity contribution in [1.82, 2.24) is 4.90 Å². The van der Waals surface area contributed by atoms with Gasteiger partial charge in [0.15, 0.2) is 0 Å². The summed E-state index contributed by atoms with van der Waals surface area (Å²) < 4.78 is 165. The number of hydrogen-bond donors (Lipinski definition) is 0. The van der Waals surface area contributed by atoms with Crippen LogP contribution in [0.15, 0.2) is 0 Å². The second kappa shape index (κ2) is 7.20. The molecule has 0 aromatic rings. The van der Waals surface area contributed by atoms with Gasteiger partial charge in [-0.1, -0.05) is 6.42 Å². The third-order valence-electron chi connectivity index (χ3n) is 2.99. The number of halogens is 13. The van der Waals surface area contributed by atoms with E-state index < -0.39 is 48.9 Å². The summed E-state index contributed by atoms with van der Waals surface area (Å²) in [5.74, 6) is -30.7. The molecule has 0 aliphatic carbocycles. The molecule has 0 spiro atoms. The van der Waals surface area contributed by atoms with Crippen LogP contribution in [-0.4, -0.2) is 68.0 Å². The Morgan fingerprint density at radius 2 is 1.00 bits per heavy atom. The lowest BCUT2D eigenvalue weighted by Gasteiger charge is -2.44. The van der Waals surface area contributed by atoms with Crippen molar-refractivity contribution in [1.29, 1.82) is 0 Å². The second-order valence-corrected chi connectivity index (χ2v) is 5.38. The Balaban J connectivity index is 5.71. The van der Waals surface area contributed by atoms with E-state index in [9.17, 15) is 57.1 Å². The SMILES string of the molecule is CN(C)CCC[N-]C(F)(F)C(F)(F)C(F)(F)C(F)(F)C(F)(F)C(F)(F)F. The minimum Gasteiger partial charge on any atom is -0.595 e. The molecule has 0 aliphatic heterocycles. The molecule has 0 aliphatic rings. The Labute approximate surface area is 138 Å². The van der Waals surface area contributed by atoms with Crippen molar-refractivity contribution in [2.24, 2.45) is 0 Å². The number of hydrogen-bond acceptors (Lipinski definition) is 1. The fourth-order valence-corrected chi connectivity index (χ4v) is 1.47. The highest BCUT2D eigenvalue weighted by molar-refractivity contribution is 5.14. The van der Waals surface area contributed by atoms with E-state index in [-0.39, 0.29) is 6.54 Å². The molecule has 0 fully saturated rings. The van der Waals surface area contributed by atoms with Crippen LogP contribution < -0.4 is 0 Å². The van der Waals surface area contributed by atoms with Crippen molar-refractivity contribution in [3.05, 3.63) is 5.32 Å². The highest BCUT2D eigenvalue weighted by atomic mass is 19.4. The maximum absolute atomic E-state index is 13.2. The van der Waals surface area contributed by atoms with Gasteiger partial charge in [0.25, 0.3) is 0 Å². The van der Waals surface area contributed by atoms with Crippen LogP contribution in [0.1, 0.15) is 6.42 Å². The lowest BCUT2D eigenvalue weighted by Crippen LogP contribution is -2.69. The van der Waals surface area contributed by atoms with E-state index in [4.69, 9.17) is 0 Å². The van der Waals surface area contributed by atoms with Crippen molar-refractivity contribution in [2.75, 3.05) is 27.2 Å². The van der Waals surface area contributed by atoms with Crippen molar-refractivity contribution in [2.45, 2.75) is 42.3 Å². The normalized spacial score (nSPS) is 15.7. The highest BCUT2D eigenvalue weighted by Gasteiger charge is 2.89. The van der Waals surface area contributed by atoms with Crippen LogP contribution in [0.25, 0.3) is 5.32 Å². The Morgan fingerprint density at radius 3 is 1.35 bits per heavy atom. The molecular formula is C11H12F13N2-. The summed E-state index contributed by atoms with van der Waals surface area (Å²) in [6.45, 7) is -1.36. The number of alkyl halides is 13. The summed E-state index contributed by atoms with van der Waals surface area (Å²) in [7, 11) is 2.78. The van der Waals surface area contributed by atoms with Gasteiger partial charge in [-0.3, -0.25) is 0 Å². The maximum atomic E-state index is 13.2. The van der Waals surface area contributed by atoms with Crippen LogP contribution in [0.4, 0.5) is 57.1 Å². The van der Waals surface area contributed by atoms with Gasteiger partial charge in [-0.05, 0) is 20.6 Å². The topological polar surface area (TPSA) is 17.3 Å². The summed E-state index contributed by atoms with van der Waals surface area (Å²) in [5.41, 5.74) is 0. The molecule has 0 amide bonds. The molecule has 0 heterocycles. The molecule has 15 heteroatoms. The monoisotopic (exact) mass is 419 g/mol. The minimum absolute atomic E-state index is 0.0795. The summed E-state index contributed by atoms with van der Waals surface area (Å²) in [4.78, 5) is 1.32. The molecule has 0 atom stereocenters. The van der Waals surface area contributed by atoms with E-state index in [1.165, 1.54) is 19.0 Å². The zero-order valence-electron chi connectivity index (χ0n) is 12.9. The van der Waals surface area contributed by atoms with Crippen LogP contribution >= 0.6 is 0 Å². The van der Waals surface area contributed by atoms with E-state index in [1.54, 1.807) is 5.32 Å². The first-order valence-corrected chi connectivity index (χ1v) is 6.46. The first kappa shape index (κ1) is 25.0. The molecule has 0 rings (SSSR count). The van der Waals surface area contributed by atoms with Crippen molar-refractivity contribution >= 4 is 0 Å². The second-order valence-electron chi connectivity index (χ2n) is 5.38. The van der Waals surface area contributed by atoms with Gasteiger partial charge in [0, 0.05) is 0 Å². The molecule has 0 N–H and O–H groups in total. The molecule has 0 saturated heterocycles. The Bertz CT molecular complexity index is 469. The lowest BCUT2D eigenvalue weighted by atomic mass is 9.96. The average Bonchev–Trinajstić information content (AvgIpc) is 2.41. The maximum Gasteiger partial charge on any atom is 0.460 e. The van der Waals surface area contributed by atoms with Gasteiger partial charge in [-0.25, -0.2) is 8.78 Å². The third-order valence-corrected chi connectivity index (χ3v) is 2.99. The summed E-state index contributed by atoms with van der Waals surface area (Å²) in [6, 6.07) is -6.34. The van der Waals surface area contributed by atoms with E-state index >= 15 is 0 Å². The molecule has 0 aromatic carbocycles. The van der Waals surface area contributed by atoms with Crippen LogP contribution in [0.2, 0.25) is 0 Å².